The van der Waals surface area contributed by atoms with Crippen molar-refractivity contribution in [2.45, 2.75) is 25.1 Å². The molecule has 2 aromatic carbocycles. The van der Waals surface area contributed by atoms with Gasteiger partial charge in [0, 0.05) is 13.5 Å². The van der Waals surface area contributed by atoms with E-state index in [0.717, 1.165) is 11.3 Å². The van der Waals surface area contributed by atoms with Gasteiger partial charge in [-0.2, -0.15) is 0 Å². The van der Waals surface area contributed by atoms with Crippen molar-refractivity contribution in [2.75, 3.05) is 25.2 Å². The zero-order valence-corrected chi connectivity index (χ0v) is 15.2. The number of carbonyl (C=O) groups excluding carboxylic acids is 2. The average molecular weight is 366 g/mol. The molecule has 0 aromatic heterocycles. The van der Waals surface area contributed by atoms with E-state index in [0.29, 0.717) is 25.3 Å². The van der Waals surface area contributed by atoms with Crippen molar-refractivity contribution in [3.8, 4) is 5.75 Å². The van der Waals surface area contributed by atoms with Crippen molar-refractivity contribution in [3.05, 3.63) is 60.2 Å². The monoisotopic (exact) mass is 366 g/mol. The number of ether oxygens (including phenoxy) is 2. The Labute approximate surface area is 158 Å². The predicted octanol–water partition coefficient (Wildman–Crippen LogP) is 2.23. The van der Waals surface area contributed by atoms with Gasteiger partial charge in [-0.25, -0.2) is 0 Å². The first-order valence-electron chi connectivity index (χ1n) is 9.07. The number of hydrogen-bond acceptors (Lipinski definition) is 4. The highest BCUT2D eigenvalue weighted by molar-refractivity contribution is 6.01. The zero-order chi connectivity index (χ0) is 18.8. The lowest BCUT2D eigenvalue weighted by atomic mass is 10.1. The number of nitrogens with zero attached hydrogens (tertiary/aromatic N) is 2. The Bertz CT molecular complexity index is 839. The summed E-state index contributed by atoms with van der Waals surface area (Å²) in [7, 11) is 1.48. The maximum absolute atomic E-state index is 13.5. The van der Waals surface area contributed by atoms with Crippen molar-refractivity contribution in [2.24, 2.45) is 0 Å². The van der Waals surface area contributed by atoms with Gasteiger partial charge in [0.05, 0.1) is 18.8 Å². The number of anilines is 1. The minimum absolute atomic E-state index is 0.0395. The van der Waals surface area contributed by atoms with Gasteiger partial charge in [0.1, 0.15) is 24.5 Å². The number of hydrogen-bond donors (Lipinski definition) is 0. The van der Waals surface area contributed by atoms with Crippen LogP contribution in [0.25, 0.3) is 0 Å². The Kier molecular flexibility index (Phi) is 4.81. The summed E-state index contributed by atoms with van der Waals surface area (Å²) in [6.45, 7) is 0.780. The second kappa shape index (κ2) is 7.40. The highest BCUT2D eigenvalue weighted by Crippen LogP contribution is 2.37. The fourth-order valence-corrected chi connectivity index (χ4v) is 3.79. The van der Waals surface area contributed by atoms with Crippen molar-refractivity contribution >= 4 is 17.5 Å². The van der Waals surface area contributed by atoms with Crippen molar-refractivity contribution in [3.63, 3.8) is 0 Å². The van der Waals surface area contributed by atoms with Crippen LogP contribution in [0.4, 0.5) is 5.69 Å². The van der Waals surface area contributed by atoms with E-state index in [1.54, 1.807) is 9.80 Å². The molecule has 2 unspecified atom stereocenters. The van der Waals surface area contributed by atoms with Gasteiger partial charge in [0.2, 0.25) is 11.8 Å². The second-order valence-corrected chi connectivity index (χ2v) is 6.85. The summed E-state index contributed by atoms with van der Waals surface area (Å²) in [5.41, 5.74) is 1.76. The van der Waals surface area contributed by atoms with Crippen molar-refractivity contribution in [1.29, 1.82) is 0 Å². The topological polar surface area (TPSA) is 59.1 Å². The summed E-state index contributed by atoms with van der Waals surface area (Å²) in [6, 6.07) is 16.8. The van der Waals surface area contributed by atoms with E-state index in [9.17, 15) is 9.59 Å². The Morgan fingerprint density at radius 1 is 1.15 bits per heavy atom. The fourth-order valence-electron chi connectivity index (χ4n) is 3.79. The molecule has 0 aliphatic carbocycles. The number of methoxy groups -OCH3 is 1. The highest BCUT2D eigenvalue weighted by atomic mass is 16.5. The van der Waals surface area contributed by atoms with Gasteiger partial charge in [0.25, 0.3) is 0 Å². The largest absolute Gasteiger partial charge is 0.486 e. The van der Waals surface area contributed by atoms with Gasteiger partial charge in [-0.05, 0) is 17.7 Å². The van der Waals surface area contributed by atoms with Gasteiger partial charge in [-0.3, -0.25) is 9.59 Å². The average Bonchev–Trinajstić information content (AvgIpc) is 3.12. The van der Waals surface area contributed by atoms with Gasteiger partial charge >= 0.3 is 0 Å². The van der Waals surface area contributed by atoms with Gasteiger partial charge in [0.15, 0.2) is 0 Å². The van der Waals surface area contributed by atoms with Crippen LogP contribution in [0, 0.1) is 0 Å². The number of carbonyl (C=O) groups is 2. The third kappa shape index (κ3) is 3.40. The minimum Gasteiger partial charge on any atom is -0.486 e. The van der Waals surface area contributed by atoms with Crippen LogP contribution in [0.15, 0.2) is 54.6 Å². The maximum Gasteiger partial charge on any atom is 0.250 e. The molecule has 4 rings (SSSR count). The summed E-state index contributed by atoms with van der Waals surface area (Å²) in [6.07, 6.45) is 0.299. The number of benzene rings is 2. The summed E-state index contributed by atoms with van der Waals surface area (Å²) in [5.74, 6) is 0.403. The molecule has 2 bridgehead atoms. The van der Waals surface area contributed by atoms with E-state index in [-0.39, 0.29) is 24.5 Å². The van der Waals surface area contributed by atoms with Crippen LogP contribution in [0.5, 0.6) is 5.75 Å². The third-order valence-corrected chi connectivity index (χ3v) is 5.04. The highest BCUT2D eigenvalue weighted by Gasteiger charge is 2.44. The Hall–Kier alpha value is -2.86. The number of likely N-dealkylation sites (tertiary alicyclic amines) is 1. The van der Waals surface area contributed by atoms with E-state index in [1.165, 1.54) is 7.11 Å². The molecule has 0 spiro atoms. The molecule has 1 fully saturated rings. The summed E-state index contributed by atoms with van der Waals surface area (Å²) >= 11 is 0. The fraction of sp³-hybridized carbons (Fsp3) is 0.333. The van der Waals surface area contributed by atoms with E-state index < -0.39 is 6.04 Å². The first kappa shape index (κ1) is 17.5. The first-order chi connectivity index (χ1) is 13.2. The standard InChI is InChI=1S/C21H22N2O4/c1-26-14-20(24)22-13-16-11-18(22)21(25)23(12-15-7-3-2-4-8-15)17-9-5-6-10-19(17)27-16/h2-10,16,18H,11-14H2,1H3. The predicted molar refractivity (Wildman–Crippen MR) is 100 cm³/mol. The van der Waals surface area contributed by atoms with E-state index >= 15 is 0 Å². The van der Waals surface area contributed by atoms with Crippen LogP contribution in [0.1, 0.15) is 12.0 Å². The minimum atomic E-state index is -0.533. The van der Waals surface area contributed by atoms with E-state index in [4.69, 9.17) is 9.47 Å². The lowest BCUT2D eigenvalue weighted by Gasteiger charge is -2.31. The van der Waals surface area contributed by atoms with E-state index in [2.05, 4.69) is 0 Å². The molecule has 0 radical (unpaired) electrons. The smallest absolute Gasteiger partial charge is 0.250 e. The summed E-state index contributed by atoms with van der Waals surface area (Å²) in [5, 5.41) is 0. The van der Waals surface area contributed by atoms with Crippen LogP contribution in [0.3, 0.4) is 0 Å². The molecular weight excluding hydrogens is 344 g/mol. The lowest BCUT2D eigenvalue weighted by molar-refractivity contribution is -0.140. The van der Waals surface area contributed by atoms with Gasteiger partial charge in [-0.1, -0.05) is 42.5 Å². The molecule has 2 atom stereocenters. The summed E-state index contributed by atoms with van der Waals surface area (Å²) in [4.78, 5) is 29.3. The molecule has 0 saturated carbocycles. The first-order valence-corrected chi connectivity index (χ1v) is 9.07. The van der Waals surface area contributed by atoms with Gasteiger partial charge < -0.3 is 19.3 Å². The molecule has 2 amide bonds. The summed E-state index contributed by atoms with van der Waals surface area (Å²) < 4.78 is 11.2. The molecule has 6 nitrogen and oxygen atoms in total. The molecule has 2 aliphatic rings. The lowest BCUT2D eigenvalue weighted by Crippen LogP contribution is -2.48. The molecule has 140 valence electrons. The van der Waals surface area contributed by atoms with Gasteiger partial charge in [-0.15, -0.1) is 0 Å². The Morgan fingerprint density at radius 2 is 1.89 bits per heavy atom. The number of amides is 2. The molecule has 2 heterocycles. The normalized spacial score (nSPS) is 21.3. The molecule has 2 aliphatic heterocycles. The quantitative estimate of drug-likeness (QED) is 0.833. The number of fused-ring (bicyclic) bond motifs is 3. The van der Waals surface area contributed by atoms with Crippen LogP contribution in [0.2, 0.25) is 0 Å². The molecule has 0 N–H and O–H groups in total. The Balaban J connectivity index is 1.72. The maximum atomic E-state index is 13.5. The molecule has 6 heteroatoms. The SMILES string of the molecule is COCC(=O)N1CC2CC1C(=O)N(Cc1ccccc1)c1ccccc1O2. The van der Waals surface area contributed by atoms with Crippen molar-refractivity contribution in [1.82, 2.24) is 4.90 Å². The van der Waals surface area contributed by atoms with Crippen LogP contribution in [-0.2, 0) is 20.9 Å². The molecule has 1 saturated heterocycles. The number of rotatable bonds is 4. The van der Waals surface area contributed by atoms with Crippen molar-refractivity contribution < 1.29 is 19.1 Å². The molecule has 27 heavy (non-hydrogen) atoms. The second-order valence-electron chi connectivity index (χ2n) is 6.85. The van der Waals surface area contributed by atoms with Crippen LogP contribution >= 0.6 is 0 Å². The van der Waals surface area contributed by atoms with Crippen LogP contribution in [-0.4, -0.2) is 49.1 Å². The number of para-hydroxylation sites is 2. The molecule has 2 aromatic rings. The van der Waals surface area contributed by atoms with E-state index in [1.807, 2.05) is 54.6 Å². The molecular formula is C21H22N2O4. The van der Waals surface area contributed by atoms with Crippen LogP contribution < -0.4 is 9.64 Å². The Morgan fingerprint density at radius 3 is 2.67 bits per heavy atom. The zero-order valence-electron chi connectivity index (χ0n) is 15.2. The third-order valence-electron chi connectivity index (χ3n) is 5.04.